The molecule has 0 saturated heterocycles. The van der Waals surface area contributed by atoms with Gasteiger partial charge in [0, 0.05) is 23.7 Å². The Bertz CT molecular complexity index is 1280. The van der Waals surface area contributed by atoms with Crippen molar-refractivity contribution in [3.63, 3.8) is 0 Å². The van der Waals surface area contributed by atoms with Crippen LogP contribution in [0.5, 0.6) is 5.75 Å². The first-order chi connectivity index (χ1) is 13.8. The molecule has 148 valence electrons. The monoisotopic (exact) mass is 410 g/mol. The first kappa shape index (κ1) is 18.8. The summed E-state index contributed by atoms with van der Waals surface area (Å²) in [5.74, 6) is -1.11. The predicted molar refractivity (Wildman–Crippen MR) is 112 cm³/mol. The normalized spacial score (nSPS) is 15.2. The number of nitrogens with one attached hydrogen (secondary N) is 1. The molecule has 1 amide bonds. The van der Waals surface area contributed by atoms with Crippen LogP contribution in [0.25, 0.3) is 16.5 Å². The number of ether oxygens (including phenoxy) is 1. The van der Waals surface area contributed by atoms with E-state index in [1.807, 2.05) is 30.3 Å². The fourth-order valence-electron chi connectivity index (χ4n) is 3.36. The number of nitrogens with zero attached hydrogens (tertiary/aromatic N) is 1. The Balaban J connectivity index is 1.84. The van der Waals surface area contributed by atoms with Crippen LogP contribution >= 0.6 is 0 Å². The number of hydrogen-bond acceptors (Lipinski definition) is 5. The van der Waals surface area contributed by atoms with E-state index in [9.17, 15) is 18.3 Å². The number of methoxy groups -OCH3 is 1. The summed E-state index contributed by atoms with van der Waals surface area (Å²) in [6, 6.07) is 17.3. The van der Waals surface area contributed by atoms with Gasteiger partial charge in [0.1, 0.15) is 5.75 Å². The smallest absolute Gasteiger partial charge is 0.273 e. The third-order valence-corrected chi connectivity index (χ3v) is 6.69. The minimum absolute atomic E-state index is 0.199. The lowest BCUT2D eigenvalue weighted by Crippen LogP contribution is -2.37. The maximum Gasteiger partial charge on any atom is 0.273 e. The Morgan fingerprint density at radius 2 is 1.79 bits per heavy atom. The van der Waals surface area contributed by atoms with E-state index in [4.69, 9.17) is 4.74 Å². The van der Waals surface area contributed by atoms with E-state index >= 15 is 0 Å². The second-order valence-electron chi connectivity index (χ2n) is 6.51. The maximum atomic E-state index is 13.0. The van der Waals surface area contributed by atoms with E-state index in [0.717, 1.165) is 15.1 Å². The summed E-state index contributed by atoms with van der Waals surface area (Å²) in [4.78, 5) is 12.3. The molecule has 1 aliphatic rings. The van der Waals surface area contributed by atoms with Gasteiger partial charge in [0.05, 0.1) is 12.8 Å². The van der Waals surface area contributed by atoms with Crippen molar-refractivity contribution < 1.29 is 23.1 Å². The molecule has 0 saturated carbocycles. The molecule has 8 heteroatoms. The number of hydrogen-bond donors (Lipinski definition) is 2. The van der Waals surface area contributed by atoms with Crippen LogP contribution in [0.4, 0.5) is 11.4 Å². The molecule has 0 radical (unpaired) electrons. The van der Waals surface area contributed by atoms with Crippen LogP contribution < -0.4 is 14.4 Å². The van der Waals surface area contributed by atoms with Crippen LogP contribution in [0.3, 0.4) is 0 Å². The van der Waals surface area contributed by atoms with Gasteiger partial charge in [-0.1, -0.05) is 36.4 Å². The van der Waals surface area contributed by atoms with Crippen molar-refractivity contribution in [3.8, 4) is 5.75 Å². The zero-order valence-electron chi connectivity index (χ0n) is 15.7. The van der Waals surface area contributed by atoms with Crippen LogP contribution in [-0.2, 0) is 14.8 Å². The highest BCUT2D eigenvalue weighted by molar-refractivity contribution is 7.97. The number of carbonyl (C=O) groups is 1. The fourth-order valence-corrected chi connectivity index (χ4v) is 4.69. The Labute approximate surface area is 167 Å². The summed E-state index contributed by atoms with van der Waals surface area (Å²) in [6.45, 7) is 0. The van der Waals surface area contributed by atoms with Crippen molar-refractivity contribution in [1.29, 1.82) is 0 Å². The van der Waals surface area contributed by atoms with Gasteiger partial charge in [0.2, 0.25) is 0 Å². The maximum absolute atomic E-state index is 13.0. The molecule has 1 heterocycles. The third kappa shape index (κ3) is 2.98. The van der Waals surface area contributed by atoms with Crippen molar-refractivity contribution >= 4 is 43.8 Å². The van der Waals surface area contributed by atoms with E-state index in [1.54, 1.807) is 18.2 Å². The molecule has 0 spiro atoms. The zero-order valence-corrected chi connectivity index (χ0v) is 16.5. The van der Waals surface area contributed by atoms with Crippen LogP contribution in [0.2, 0.25) is 0 Å². The summed E-state index contributed by atoms with van der Waals surface area (Å²) in [7, 11) is -1.46. The van der Waals surface area contributed by atoms with Gasteiger partial charge in [-0.25, -0.2) is 8.42 Å². The van der Waals surface area contributed by atoms with E-state index in [1.165, 1.54) is 26.3 Å². The number of sulfonamides is 1. The lowest BCUT2D eigenvalue weighted by molar-refractivity contribution is -0.112. The molecule has 0 unspecified atom stereocenters. The van der Waals surface area contributed by atoms with Crippen molar-refractivity contribution in [3.05, 3.63) is 71.1 Å². The molecule has 3 aromatic rings. The van der Waals surface area contributed by atoms with Gasteiger partial charge in [-0.05, 0) is 29.7 Å². The van der Waals surface area contributed by atoms with E-state index in [-0.39, 0.29) is 11.3 Å². The summed E-state index contributed by atoms with van der Waals surface area (Å²) in [5, 5.41) is 15.0. The Hall–Kier alpha value is -3.52. The highest BCUT2D eigenvalue weighted by atomic mass is 32.2. The molecule has 0 aliphatic carbocycles. The summed E-state index contributed by atoms with van der Waals surface area (Å²) < 4.78 is 32.0. The van der Waals surface area contributed by atoms with Crippen LogP contribution in [-0.4, -0.2) is 33.6 Å². The molecule has 1 aliphatic heterocycles. The van der Waals surface area contributed by atoms with Crippen molar-refractivity contribution in [2.24, 2.45) is 0 Å². The molecular formula is C21H18N2O5S. The van der Waals surface area contributed by atoms with Crippen molar-refractivity contribution in [2.75, 3.05) is 23.8 Å². The quantitative estimate of drug-likeness (QED) is 0.689. The number of aliphatic hydroxyl groups excluding tert-OH is 1. The molecule has 0 atom stereocenters. The largest absolute Gasteiger partial charge is 0.506 e. The highest BCUT2D eigenvalue weighted by Gasteiger charge is 2.40. The average molecular weight is 410 g/mol. The number of carbonyl (C=O) groups excluding carboxylic acids is 1. The van der Waals surface area contributed by atoms with Crippen molar-refractivity contribution in [2.45, 2.75) is 0 Å². The lowest BCUT2D eigenvalue weighted by atomic mass is 10.1. The van der Waals surface area contributed by atoms with E-state index < -0.39 is 26.6 Å². The average Bonchev–Trinajstić information content (AvgIpc) is 2.72. The Morgan fingerprint density at radius 1 is 1.07 bits per heavy atom. The summed E-state index contributed by atoms with van der Waals surface area (Å²) in [6.07, 6.45) is 0. The van der Waals surface area contributed by atoms with Crippen molar-refractivity contribution in [1.82, 2.24) is 0 Å². The molecule has 0 fully saturated rings. The van der Waals surface area contributed by atoms with E-state index in [0.29, 0.717) is 11.4 Å². The minimum atomic E-state index is -4.25. The van der Waals surface area contributed by atoms with Gasteiger partial charge in [0.25, 0.3) is 15.9 Å². The highest BCUT2D eigenvalue weighted by Crippen LogP contribution is 2.39. The fraction of sp³-hybridized carbons (Fsp3) is 0.0952. The standard InChI is InChI=1S/C21H18N2O5S/c1-23-18-11-10-14(28-2)12-16(18)19(24)20(29(23,26)27)21(25)22-17-9-5-7-13-6-3-4-8-15(13)17/h3-12,24H,1-2H3,(H,22,25). The summed E-state index contributed by atoms with van der Waals surface area (Å²) in [5.41, 5.74) is 0.900. The number of anilines is 2. The molecule has 29 heavy (non-hydrogen) atoms. The van der Waals surface area contributed by atoms with Crippen LogP contribution in [0, 0.1) is 0 Å². The second-order valence-corrected chi connectivity index (χ2v) is 8.42. The summed E-state index contributed by atoms with van der Waals surface area (Å²) >= 11 is 0. The molecule has 4 rings (SSSR count). The number of aliphatic hydroxyl groups is 1. The first-order valence-corrected chi connectivity index (χ1v) is 10.2. The van der Waals surface area contributed by atoms with Gasteiger partial charge in [-0.2, -0.15) is 0 Å². The number of rotatable bonds is 3. The van der Waals surface area contributed by atoms with Crippen LogP contribution in [0.15, 0.2) is 65.6 Å². The molecular weight excluding hydrogens is 392 g/mol. The minimum Gasteiger partial charge on any atom is -0.506 e. The Kier molecular flexibility index (Phi) is 4.43. The van der Waals surface area contributed by atoms with Crippen LogP contribution in [0.1, 0.15) is 5.56 Å². The molecule has 7 nitrogen and oxygen atoms in total. The van der Waals surface area contributed by atoms with Gasteiger partial charge >= 0.3 is 0 Å². The van der Waals surface area contributed by atoms with Gasteiger partial charge in [-0.15, -0.1) is 0 Å². The van der Waals surface area contributed by atoms with E-state index in [2.05, 4.69) is 5.32 Å². The molecule has 3 aromatic carbocycles. The SMILES string of the molecule is COc1ccc2c(c1)C(O)=C(C(=O)Nc1cccc3ccccc13)S(=O)(=O)N2C. The Morgan fingerprint density at radius 3 is 2.55 bits per heavy atom. The molecule has 0 bridgehead atoms. The zero-order chi connectivity index (χ0) is 20.8. The van der Waals surface area contributed by atoms with Gasteiger partial charge < -0.3 is 15.2 Å². The lowest BCUT2D eigenvalue weighted by Gasteiger charge is -2.28. The molecule has 0 aromatic heterocycles. The topological polar surface area (TPSA) is 95.9 Å². The van der Waals surface area contributed by atoms with Gasteiger partial charge in [-0.3, -0.25) is 9.10 Å². The second kappa shape index (κ2) is 6.82. The number of benzene rings is 3. The van der Waals surface area contributed by atoms with Gasteiger partial charge in [0.15, 0.2) is 10.7 Å². The number of fused-ring (bicyclic) bond motifs is 2. The first-order valence-electron chi connectivity index (χ1n) is 8.74. The third-order valence-electron chi connectivity index (χ3n) is 4.88. The predicted octanol–water partition coefficient (Wildman–Crippen LogP) is 3.49. The molecule has 2 N–H and O–H groups in total. The number of amides is 1.